The lowest BCUT2D eigenvalue weighted by Crippen LogP contribution is -2.16. The van der Waals surface area contributed by atoms with Crippen LogP contribution in [0.15, 0.2) is 53.7 Å². The summed E-state index contributed by atoms with van der Waals surface area (Å²) in [6.45, 7) is 1.96. The van der Waals surface area contributed by atoms with E-state index in [4.69, 9.17) is 0 Å². The number of aromatic nitrogens is 2. The molecule has 0 saturated carbocycles. The van der Waals surface area contributed by atoms with Crippen LogP contribution in [0.4, 0.5) is 19.0 Å². The minimum atomic E-state index is -4.47. The van der Waals surface area contributed by atoms with Gasteiger partial charge in [0.05, 0.1) is 5.56 Å². The smallest absolute Gasteiger partial charge is 0.305 e. The summed E-state index contributed by atoms with van der Waals surface area (Å²) in [6.07, 6.45) is -2.18. The molecule has 3 rings (SSSR count). The summed E-state index contributed by atoms with van der Waals surface area (Å²) in [5.41, 5.74) is -0.654. The molecule has 0 radical (unpaired) electrons. The molecule has 0 fully saturated rings. The molecule has 26 heavy (non-hydrogen) atoms. The number of alkyl halides is 3. The molecular weight excluding hydrogens is 363 g/mol. The summed E-state index contributed by atoms with van der Waals surface area (Å²) in [5.74, 6) is 0.262. The maximum atomic E-state index is 12.6. The molecule has 2 aromatic heterocycles. The Hall–Kier alpha value is -2.61. The number of carbonyl (C=O) groups is 1. The first-order chi connectivity index (χ1) is 12.4. The Morgan fingerprint density at radius 2 is 1.88 bits per heavy atom. The molecule has 0 saturated heterocycles. The largest absolute Gasteiger partial charge is 0.417 e. The number of nitrogens with zero attached hydrogens (tertiary/aromatic N) is 2. The lowest BCUT2D eigenvalue weighted by molar-refractivity contribution is -0.137. The minimum absolute atomic E-state index is 0.0328. The Bertz CT molecular complexity index is 943. The van der Waals surface area contributed by atoms with E-state index in [-0.39, 0.29) is 11.5 Å². The van der Waals surface area contributed by atoms with Crippen LogP contribution in [0.3, 0.4) is 0 Å². The van der Waals surface area contributed by atoms with Crippen molar-refractivity contribution in [3.8, 4) is 0 Å². The Morgan fingerprint density at radius 1 is 1.12 bits per heavy atom. The van der Waals surface area contributed by atoms with E-state index < -0.39 is 17.6 Å². The number of carbonyl (C=O) groups excluding carboxylic acids is 1. The van der Waals surface area contributed by atoms with Gasteiger partial charge in [0.15, 0.2) is 0 Å². The van der Waals surface area contributed by atoms with Crippen LogP contribution in [-0.4, -0.2) is 21.6 Å². The molecule has 2 heterocycles. The third kappa shape index (κ3) is 3.80. The number of nitrogens with one attached hydrogen (secondary N) is 1. The number of halogens is 3. The fourth-order valence-electron chi connectivity index (χ4n) is 2.40. The van der Waals surface area contributed by atoms with Crippen LogP contribution in [0, 0.1) is 0 Å². The first-order valence-corrected chi connectivity index (χ1v) is 8.74. The standard InChI is InChI=1S/C18H14F3N3OS/c1-2-26-16-13-6-4-3-5-11(13)9-23-15(16)17(25)24-14-8-7-12(10-22-14)18(19,20)21/h3-10H,2H2,1H3,(H,22,24,25). The summed E-state index contributed by atoms with van der Waals surface area (Å²) >= 11 is 1.48. The number of pyridine rings is 2. The highest BCUT2D eigenvalue weighted by atomic mass is 32.2. The van der Waals surface area contributed by atoms with Gasteiger partial charge in [-0.25, -0.2) is 9.97 Å². The van der Waals surface area contributed by atoms with Crippen molar-refractivity contribution in [2.24, 2.45) is 0 Å². The van der Waals surface area contributed by atoms with Crippen LogP contribution in [0.2, 0.25) is 0 Å². The number of thioether (sulfide) groups is 1. The summed E-state index contributed by atoms with van der Waals surface area (Å²) in [6, 6.07) is 9.56. The molecule has 3 aromatic rings. The van der Waals surface area contributed by atoms with Gasteiger partial charge in [-0.05, 0) is 23.3 Å². The van der Waals surface area contributed by atoms with Crippen molar-refractivity contribution < 1.29 is 18.0 Å². The monoisotopic (exact) mass is 377 g/mol. The maximum Gasteiger partial charge on any atom is 0.417 e. The molecule has 0 spiro atoms. The number of anilines is 1. The SMILES string of the molecule is CCSc1c(C(=O)Nc2ccc(C(F)(F)F)cn2)ncc2ccccc12. The fourth-order valence-corrected chi connectivity index (χ4v) is 3.31. The number of rotatable bonds is 4. The second-order valence-electron chi connectivity index (χ2n) is 5.34. The average Bonchev–Trinajstić information content (AvgIpc) is 2.62. The predicted molar refractivity (Wildman–Crippen MR) is 95.3 cm³/mol. The number of hydrogen-bond acceptors (Lipinski definition) is 4. The van der Waals surface area contributed by atoms with Crippen LogP contribution in [-0.2, 0) is 6.18 Å². The Labute approximate surface area is 151 Å². The van der Waals surface area contributed by atoms with E-state index in [1.807, 2.05) is 31.2 Å². The number of fused-ring (bicyclic) bond motifs is 1. The molecular formula is C18H14F3N3OS. The molecule has 1 N–H and O–H groups in total. The molecule has 0 aliphatic heterocycles. The van der Waals surface area contributed by atoms with Gasteiger partial charge in [-0.3, -0.25) is 4.79 Å². The molecule has 0 bridgehead atoms. The van der Waals surface area contributed by atoms with Crippen molar-refractivity contribution in [3.63, 3.8) is 0 Å². The van der Waals surface area contributed by atoms with Crippen LogP contribution < -0.4 is 5.32 Å². The van der Waals surface area contributed by atoms with E-state index in [2.05, 4.69) is 15.3 Å². The van der Waals surface area contributed by atoms with Crippen molar-refractivity contribution in [2.45, 2.75) is 18.0 Å². The zero-order chi connectivity index (χ0) is 18.7. The maximum absolute atomic E-state index is 12.6. The van der Waals surface area contributed by atoms with Gasteiger partial charge in [-0.2, -0.15) is 13.2 Å². The highest BCUT2D eigenvalue weighted by Crippen LogP contribution is 2.31. The van der Waals surface area contributed by atoms with Crippen LogP contribution in [0.5, 0.6) is 0 Å². The number of benzene rings is 1. The van der Waals surface area contributed by atoms with Gasteiger partial charge in [0.1, 0.15) is 11.5 Å². The van der Waals surface area contributed by atoms with Gasteiger partial charge in [0.25, 0.3) is 5.91 Å². The predicted octanol–water partition coefficient (Wildman–Crippen LogP) is 5.01. The molecule has 1 amide bonds. The van der Waals surface area contributed by atoms with Crippen LogP contribution in [0.1, 0.15) is 23.0 Å². The Kier molecular flexibility index (Phi) is 5.13. The highest BCUT2D eigenvalue weighted by Gasteiger charge is 2.30. The number of amides is 1. The molecule has 134 valence electrons. The zero-order valence-corrected chi connectivity index (χ0v) is 14.5. The van der Waals surface area contributed by atoms with Crippen molar-refractivity contribution in [3.05, 3.63) is 60.0 Å². The van der Waals surface area contributed by atoms with Gasteiger partial charge in [-0.1, -0.05) is 31.2 Å². The normalized spacial score (nSPS) is 11.5. The van der Waals surface area contributed by atoms with Gasteiger partial charge >= 0.3 is 6.18 Å². The van der Waals surface area contributed by atoms with Crippen molar-refractivity contribution in [2.75, 3.05) is 11.1 Å². The summed E-state index contributed by atoms with van der Waals surface area (Å²) in [4.78, 5) is 21.2. The van der Waals surface area contributed by atoms with E-state index >= 15 is 0 Å². The van der Waals surface area contributed by atoms with Crippen molar-refractivity contribution >= 4 is 34.3 Å². The van der Waals surface area contributed by atoms with E-state index in [1.54, 1.807) is 6.20 Å². The van der Waals surface area contributed by atoms with E-state index in [0.717, 1.165) is 33.6 Å². The van der Waals surface area contributed by atoms with Gasteiger partial charge < -0.3 is 5.32 Å². The lowest BCUT2D eigenvalue weighted by atomic mass is 10.1. The third-order valence-electron chi connectivity index (χ3n) is 3.59. The minimum Gasteiger partial charge on any atom is -0.305 e. The number of hydrogen-bond donors (Lipinski definition) is 1. The van der Waals surface area contributed by atoms with Gasteiger partial charge in [0, 0.05) is 22.7 Å². The van der Waals surface area contributed by atoms with Crippen LogP contribution in [0.25, 0.3) is 10.8 Å². The Balaban J connectivity index is 1.91. The second kappa shape index (κ2) is 7.33. The molecule has 0 aliphatic carbocycles. The molecule has 0 unspecified atom stereocenters. The van der Waals surface area contributed by atoms with E-state index in [0.29, 0.717) is 6.20 Å². The lowest BCUT2D eigenvalue weighted by Gasteiger charge is -2.11. The fraction of sp³-hybridized carbons (Fsp3) is 0.167. The van der Waals surface area contributed by atoms with E-state index in [1.165, 1.54) is 11.8 Å². The molecule has 8 heteroatoms. The quantitative estimate of drug-likeness (QED) is 0.649. The topological polar surface area (TPSA) is 54.9 Å². The molecule has 0 atom stereocenters. The third-order valence-corrected chi connectivity index (χ3v) is 4.58. The van der Waals surface area contributed by atoms with Crippen LogP contribution >= 0.6 is 11.8 Å². The molecule has 4 nitrogen and oxygen atoms in total. The average molecular weight is 377 g/mol. The van der Waals surface area contributed by atoms with E-state index in [9.17, 15) is 18.0 Å². The first kappa shape index (κ1) is 18.2. The van der Waals surface area contributed by atoms with Crippen molar-refractivity contribution in [1.29, 1.82) is 0 Å². The summed E-state index contributed by atoms with van der Waals surface area (Å²) in [7, 11) is 0. The van der Waals surface area contributed by atoms with Crippen molar-refractivity contribution in [1.82, 2.24) is 9.97 Å². The highest BCUT2D eigenvalue weighted by molar-refractivity contribution is 7.99. The van der Waals surface area contributed by atoms with Gasteiger partial charge in [0.2, 0.25) is 0 Å². The van der Waals surface area contributed by atoms with Gasteiger partial charge in [-0.15, -0.1) is 11.8 Å². The second-order valence-corrected chi connectivity index (χ2v) is 6.61. The molecule has 0 aliphatic rings. The molecule has 1 aromatic carbocycles. The summed E-state index contributed by atoms with van der Waals surface area (Å²) in [5, 5.41) is 4.32. The first-order valence-electron chi connectivity index (χ1n) is 7.75. The summed E-state index contributed by atoms with van der Waals surface area (Å²) < 4.78 is 37.8. The Morgan fingerprint density at radius 3 is 2.54 bits per heavy atom. The zero-order valence-electron chi connectivity index (χ0n) is 13.7.